The number of rotatable bonds is 6. The molecule has 166 valence electrons. The monoisotopic (exact) mass is 545 g/mol. The van der Waals surface area contributed by atoms with Gasteiger partial charge in [0.1, 0.15) is 11.6 Å². The largest absolute Gasteiger partial charge is 0.496 e. The van der Waals surface area contributed by atoms with E-state index in [1.54, 1.807) is 7.11 Å². The molecule has 0 atom stereocenters. The number of hydrogen-bond acceptors (Lipinski definition) is 7. The number of nitrogens with one attached hydrogen (secondary N) is 1. The zero-order valence-corrected chi connectivity index (χ0v) is 21.6. The summed E-state index contributed by atoms with van der Waals surface area (Å²) in [6, 6.07) is 0. The second-order valence-corrected chi connectivity index (χ2v) is 7.77. The number of hydrogen-bond donors (Lipinski definition) is 1. The number of halogens is 1. The molecule has 0 saturated carbocycles. The Morgan fingerprint density at radius 3 is 2.57 bits per heavy atom. The van der Waals surface area contributed by atoms with Crippen molar-refractivity contribution in [1.29, 1.82) is 0 Å². The van der Waals surface area contributed by atoms with Crippen LogP contribution < -0.4 is 15.0 Å². The summed E-state index contributed by atoms with van der Waals surface area (Å²) < 4.78 is 9.93. The Hall–Kier alpha value is -1.69. The minimum atomic E-state index is 0. The second kappa shape index (κ2) is 11.6. The van der Waals surface area contributed by atoms with E-state index in [-0.39, 0.29) is 24.0 Å². The van der Waals surface area contributed by atoms with Gasteiger partial charge < -0.3 is 19.9 Å². The van der Waals surface area contributed by atoms with Crippen molar-refractivity contribution in [2.45, 2.75) is 40.7 Å². The van der Waals surface area contributed by atoms with Gasteiger partial charge >= 0.3 is 0 Å². The molecular weight excluding hydrogens is 513 g/mol. The molecule has 0 unspecified atom stereocenters. The molecule has 0 spiro atoms. The third kappa shape index (κ3) is 5.71. The average molecular weight is 545 g/mol. The molecule has 1 saturated heterocycles. The molecule has 3 rings (SSSR count). The summed E-state index contributed by atoms with van der Waals surface area (Å²) in [5, 5.41) is 4.45. The number of ether oxygens (including phenoxy) is 1. The molecule has 0 aromatic carbocycles. The number of aryl methyl sites for hydroxylation is 2. The first kappa shape index (κ1) is 24.6. The standard InChI is InChI=1S/C20H31N7OS.HI/c1-6-17-24-20(29-25-17)27-10-8-26(9-11-27)19(21-7-2)23-13-16-15(4)18(28-5)14(3)12-22-16;/h12H,6-11,13H2,1-5H3,(H,21,23);1H. The summed E-state index contributed by atoms with van der Waals surface area (Å²) in [6.45, 7) is 13.2. The lowest BCUT2D eigenvalue weighted by atomic mass is 10.1. The summed E-state index contributed by atoms with van der Waals surface area (Å²) in [7, 11) is 1.70. The molecule has 0 bridgehead atoms. The van der Waals surface area contributed by atoms with Crippen LogP contribution in [-0.4, -0.2) is 65.0 Å². The van der Waals surface area contributed by atoms with E-state index in [4.69, 9.17) is 9.73 Å². The Balaban J connectivity index is 0.00000320. The fourth-order valence-corrected chi connectivity index (χ4v) is 4.23. The maximum atomic E-state index is 5.52. The van der Waals surface area contributed by atoms with Gasteiger partial charge in [0.2, 0.25) is 5.13 Å². The van der Waals surface area contributed by atoms with Crippen LogP contribution in [-0.2, 0) is 13.0 Å². The quantitative estimate of drug-likeness (QED) is 0.340. The number of anilines is 1. The minimum absolute atomic E-state index is 0. The Morgan fingerprint density at radius 2 is 1.97 bits per heavy atom. The first-order valence-electron chi connectivity index (χ1n) is 10.2. The molecule has 8 nitrogen and oxygen atoms in total. The number of aliphatic imine (C=N–C) groups is 1. The molecule has 1 fully saturated rings. The third-order valence-electron chi connectivity index (χ3n) is 5.09. The molecule has 10 heteroatoms. The van der Waals surface area contributed by atoms with E-state index < -0.39 is 0 Å². The Bertz CT molecular complexity index is 850. The number of pyridine rings is 1. The van der Waals surface area contributed by atoms with Gasteiger partial charge in [-0.25, -0.2) is 9.98 Å². The van der Waals surface area contributed by atoms with Gasteiger partial charge in [0.25, 0.3) is 0 Å². The van der Waals surface area contributed by atoms with Gasteiger partial charge in [-0.1, -0.05) is 6.92 Å². The van der Waals surface area contributed by atoms with Crippen molar-refractivity contribution in [3.8, 4) is 5.75 Å². The maximum Gasteiger partial charge on any atom is 0.205 e. The molecule has 2 aromatic heterocycles. The average Bonchev–Trinajstić information content (AvgIpc) is 3.22. The van der Waals surface area contributed by atoms with Crippen LogP contribution in [0.2, 0.25) is 0 Å². The van der Waals surface area contributed by atoms with Crippen LogP contribution in [0, 0.1) is 13.8 Å². The fourth-order valence-electron chi connectivity index (χ4n) is 3.43. The summed E-state index contributed by atoms with van der Waals surface area (Å²) in [6.07, 6.45) is 2.74. The normalized spacial score (nSPS) is 14.5. The van der Waals surface area contributed by atoms with Gasteiger partial charge in [-0.3, -0.25) is 4.98 Å². The van der Waals surface area contributed by atoms with Crippen molar-refractivity contribution in [2.24, 2.45) is 4.99 Å². The van der Waals surface area contributed by atoms with Crippen LogP contribution in [0.25, 0.3) is 0 Å². The number of methoxy groups -OCH3 is 1. The first-order chi connectivity index (χ1) is 14.1. The zero-order valence-electron chi connectivity index (χ0n) is 18.4. The van der Waals surface area contributed by atoms with Crippen molar-refractivity contribution in [1.82, 2.24) is 24.6 Å². The molecule has 0 aliphatic carbocycles. The van der Waals surface area contributed by atoms with Crippen LogP contribution in [0.4, 0.5) is 5.13 Å². The lowest BCUT2D eigenvalue weighted by molar-refractivity contribution is 0.372. The van der Waals surface area contributed by atoms with Gasteiger partial charge in [0.15, 0.2) is 5.96 Å². The molecule has 1 aliphatic rings. The summed E-state index contributed by atoms with van der Waals surface area (Å²) >= 11 is 1.49. The predicted molar refractivity (Wildman–Crippen MR) is 134 cm³/mol. The van der Waals surface area contributed by atoms with Crippen molar-refractivity contribution in [2.75, 3.05) is 44.7 Å². The topological polar surface area (TPSA) is 78.8 Å². The van der Waals surface area contributed by atoms with Gasteiger partial charge in [0.05, 0.1) is 19.3 Å². The number of piperazine rings is 1. The van der Waals surface area contributed by atoms with E-state index >= 15 is 0 Å². The zero-order chi connectivity index (χ0) is 20.8. The highest BCUT2D eigenvalue weighted by Gasteiger charge is 2.22. The van der Waals surface area contributed by atoms with Gasteiger partial charge in [-0.05, 0) is 20.8 Å². The van der Waals surface area contributed by atoms with Crippen LogP contribution in [0.3, 0.4) is 0 Å². The van der Waals surface area contributed by atoms with Crippen LogP contribution in [0.5, 0.6) is 5.75 Å². The van der Waals surface area contributed by atoms with E-state index in [1.807, 2.05) is 20.0 Å². The van der Waals surface area contributed by atoms with Crippen molar-refractivity contribution >= 4 is 46.6 Å². The van der Waals surface area contributed by atoms with E-state index in [2.05, 4.69) is 43.3 Å². The lowest BCUT2D eigenvalue weighted by Gasteiger charge is -2.36. The van der Waals surface area contributed by atoms with Crippen LogP contribution in [0.1, 0.15) is 36.5 Å². The van der Waals surface area contributed by atoms with E-state index in [9.17, 15) is 0 Å². The summed E-state index contributed by atoms with van der Waals surface area (Å²) in [4.78, 5) is 18.7. The van der Waals surface area contributed by atoms with Gasteiger partial charge in [-0.15, -0.1) is 24.0 Å². The molecule has 1 N–H and O–H groups in total. The second-order valence-electron chi connectivity index (χ2n) is 7.04. The Labute approximate surface area is 200 Å². The first-order valence-corrected chi connectivity index (χ1v) is 10.9. The molecule has 0 amide bonds. The third-order valence-corrected chi connectivity index (χ3v) is 5.90. The fraction of sp³-hybridized carbons (Fsp3) is 0.600. The predicted octanol–water partition coefficient (Wildman–Crippen LogP) is 3.03. The van der Waals surface area contributed by atoms with E-state index in [0.29, 0.717) is 6.54 Å². The summed E-state index contributed by atoms with van der Waals surface area (Å²) in [5.41, 5.74) is 3.05. The van der Waals surface area contributed by atoms with E-state index in [0.717, 1.165) is 78.6 Å². The number of guanidine groups is 1. The molecule has 2 aromatic rings. The smallest absolute Gasteiger partial charge is 0.205 e. The highest BCUT2D eigenvalue weighted by molar-refractivity contribution is 14.0. The van der Waals surface area contributed by atoms with Gasteiger partial charge in [0, 0.05) is 68.0 Å². The SMILES string of the molecule is CCNC(=NCc1ncc(C)c(OC)c1C)N1CCN(c2nc(CC)ns2)CC1.I. The molecule has 1 aliphatic heterocycles. The van der Waals surface area contributed by atoms with E-state index in [1.165, 1.54) is 11.5 Å². The highest BCUT2D eigenvalue weighted by atomic mass is 127. The Morgan fingerprint density at radius 1 is 1.23 bits per heavy atom. The highest BCUT2D eigenvalue weighted by Crippen LogP contribution is 2.24. The maximum absolute atomic E-state index is 5.52. The van der Waals surface area contributed by atoms with Crippen molar-refractivity contribution in [3.63, 3.8) is 0 Å². The lowest BCUT2D eigenvalue weighted by Crippen LogP contribution is -2.52. The molecule has 3 heterocycles. The van der Waals surface area contributed by atoms with Crippen LogP contribution >= 0.6 is 35.5 Å². The number of aromatic nitrogens is 3. The van der Waals surface area contributed by atoms with Crippen molar-refractivity contribution < 1.29 is 4.74 Å². The summed E-state index contributed by atoms with van der Waals surface area (Å²) in [5.74, 6) is 2.76. The number of nitrogens with zero attached hydrogens (tertiary/aromatic N) is 6. The van der Waals surface area contributed by atoms with Crippen LogP contribution in [0.15, 0.2) is 11.2 Å². The Kier molecular flexibility index (Phi) is 9.53. The molecule has 30 heavy (non-hydrogen) atoms. The minimum Gasteiger partial charge on any atom is -0.496 e. The molecule has 0 radical (unpaired) electrons. The molecular formula is C20H32IN7OS. The van der Waals surface area contributed by atoms with Crippen molar-refractivity contribution in [3.05, 3.63) is 28.8 Å². The van der Waals surface area contributed by atoms with Gasteiger partial charge in [-0.2, -0.15) is 4.37 Å².